The lowest BCUT2D eigenvalue weighted by Crippen LogP contribution is -2.19. The van der Waals surface area contributed by atoms with Gasteiger partial charge in [-0.25, -0.2) is 0 Å². The standard InChI is InChI=1S/C14H22F3N3/c1-4-5-6-9(2)20-12-8-13(19-3)11(18)7-10(12)14(15,16)17/h7-9,19-20H,4-6,18H2,1-3H3. The maximum atomic E-state index is 13.1. The van der Waals surface area contributed by atoms with Gasteiger partial charge in [0.05, 0.1) is 16.9 Å². The first-order valence-corrected chi connectivity index (χ1v) is 6.74. The van der Waals surface area contributed by atoms with Crippen LogP contribution in [0, 0.1) is 0 Å². The van der Waals surface area contributed by atoms with Crippen LogP contribution in [0.5, 0.6) is 0 Å². The van der Waals surface area contributed by atoms with Crippen molar-refractivity contribution in [3.8, 4) is 0 Å². The number of unbranched alkanes of at least 4 members (excludes halogenated alkanes) is 1. The van der Waals surface area contributed by atoms with Gasteiger partial charge in [0, 0.05) is 18.8 Å². The molecule has 0 aliphatic carbocycles. The molecular weight excluding hydrogens is 267 g/mol. The second kappa shape index (κ2) is 6.72. The predicted molar refractivity (Wildman–Crippen MR) is 78.0 cm³/mol. The Morgan fingerprint density at radius 3 is 2.40 bits per heavy atom. The SMILES string of the molecule is CCCCC(C)Nc1cc(NC)c(N)cc1C(F)(F)F. The molecule has 1 unspecified atom stereocenters. The molecule has 0 aromatic heterocycles. The summed E-state index contributed by atoms with van der Waals surface area (Å²) < 4.78 is 39.2. The van der Waals surface area contributed by atoms with Gasteiger partial charge in [-0.3, -0.25) is 0 Å². The Morgan fingerprint density at radius 1 is 1.25 bits per heavy atom. The van der Waals surface area contributed by atoms with Crippen LogP contribution in [0.1, 0.15) is 38.7 Å². The molecule has 0 aliphatic rings. The molecule has 0 amide bonds. The molecule has 3 nitrogen and oxygen atoms in total. The molecule has 1 aromatic carbocycles. The molecule has 0 saturated heterocycles. The predicted octanol–water partition coefficient (Wildman–Crippen LogP) is 4.32. The van der Waals surface area contributed by atoms with E-state index in [9.17, 15) is 13.2 Å². The average Bonchev–Trinajstić information content (AvgIpc) is 2.36. The third-order valence-electron chi connectivity index (χ3n) is 3.16. The van der Waals surface area contributed by atoms with Gasteiger partial charge in [0.1, 0.15) is 0 Å². The van der Waals surface area contributed by atoms with Crippen LogP contribution < -0.4 is 16.4 Å². The highest BCUT2D eigenvalue weighted by Gasteiger charge is 2.34. The molecule has 1 rings (SSSR count). The molecule has 1 atom stereocenters. The highest BCUT2D eigenvalue weighted by atomic mass is 19.4. The van der Waals surface area contributed by atoms with E-state index in [0.29, 0.717) is 5.69 Å². The Morgan fingerprint density at radius 2 is 1.90 bits per heavy atom. The summed E-state index contributed by atoms with van der Waals surface area (Å²) in [6.45, 7) is 3.93. The maximum Gasteiger partial charge on any atom is 0.418 e. The van der Waals surface area contributed by atoms with Crippen molar-refractivity contribution in [2.75, 3.05) is 23.4 Å². The molecule has 20 heavy (non-hydrogen) atoms. The van der Waals surface area contributed by atoms with Gasteiger partial charge in [0.25, 0.3) is 0 Å². The fourth-order valence-corrected chi connectivity index (χ4v) is 2.03. The van der Waals surface area contributed by atoms with E-state index >= 15 is 0 Å². The second-order valence-electron chi connectivity index (χ2n) is 4.92. The third kappa shape index (κ3) is 4.21. The number of rotatable bonds is 6. The van der Waals surface area contributed by atoms with Crippen molar-refractivity contribution in [2.45, 2.75) is 45.3 Å². The van der Waals surface area contributed by atoms with E-state index in [1.54, 1.807) is 7.05 Å². The van der Waals surface area contributed by atoms with Crippen LogP contribution in [-0.2, 0) is 6.18 Å². The minimum atomic E-state index is -4.42. The van der Waals surface area contributed by atoms with Crippen LogP contribution in [0.25, 0.3) is 0 Å². The molecule has 0 saturated carbocycles. The molecule has 0 heterocycles. The van der Waals surface area contributed by atoms with Crippen LogP contribution in [0.2, 0.25) is 0 Å². The van der Waals surface area contributed by atoms with E-state index in [1.807, 2.05) is 6.92 Å². The Balaban J connectivity index is 3.08. The highest BCUT2D eigenvalue weighted by Crippen LogP contribution is 2.39. The zero-order valence-corrected chi connectivity index (χ0v) is 12.1. The molecule has 6 heteroatoms. The van der Waals surface area contributed by atoms with E-state index in [1.165, 1.54) is 6.07 Å². The lowest BCUT2D eigenvalue weighted by Gasteiger charge is -2.21. The molecule has 0 fully saturated rings. The van der Waals surface area contributed by atoms with Crippen LogP contribution in [-0.4, -0.2) is 13.1 Å². The van der Waals surface area contributed by atoms with Crippen molar-refractivity contribution in [3.05, 3.63) is 17.7 Å². The molecule has 114 valence electrons. The summed E-state index contributed by atoms with van der Waals surface area (Å²) in [6.07, 6.45) is -1.61. The number of hydrogen-bond donors (Lipinski definition) is 3. The second-order valence-corrected chi connectivity index (χ2v) is 4.92. The fraction of sp³-hybridized carbons (Fsp3) is 0.571. The Bertz CT molecular complexity index is 444. The number of nitrogen functional groups attached to an aromatic ring is 1. The van der Waals surface area contributed by atoms with E-state index in [2.05, 4.69) is 17.6 Å². The first kappa shape index (κ1) is 16.5. The normalized spacial score (nSPS) is 13.1. The summed E-state index contributed by atoms with van der Waals surface area (Å²) in [4.78, 5) is 0. The molecule has 0 bridgehead atoms. The van der Waals surface area contributed by atoms with Crippen molar-refractivity contribution in [1.29, 1.82) is 0 Å². The quantitative estimate of drug-likeness (QED) is 0.684. The van der Waals surface area contributed by atoms with Crippen LogP contribution in [0.3, 0.4) is 0 Å². The summed E-state index contributed by atoms with van der Waals surface area (Å²) in [6, 6.07) is 2.37. The van der Waals surface area contributed by atoms with Crippen LogP contribution in [0.15, 0.2) is 12.1 Å². The summed E-state index contributed by atoms with van der Waals surface area (Å²) in [5.74, 6) is 0. The first-order valence-electron chi connectivity index (χ1n) is 6.74. The zero-order valence-electron chi connectivity index (χ0n) is 12.1. The van der Waals surface area contributed by atoms with E-state index in [4.69, 9.17) is 5.73 Å². The van der Waals surface area contributed by atoms with Gasteiger partial charge in [0.2, 0.25) is 0 Å². The number of hydrogen-bond acceptors (Lipinski definition) is 3. The molecule has 4 N–H and O–H groups in total. The number of halogens is 3. The van der Waals surface area contributed by atoms with Gasteiger partial charge in [-0.05, 0) is 25.5 Å². The van der Waals surface area contributed by atoms with Gasteiger partial charge < -0.3 is 16.4 Å². The van der Waals surface area contributed by atoms with Gasteiger partial charge >= 0.3 is 6.18 Å². The van der Waals surface area contributed by atoms with E-state index in [-0.39, 0.29) is 17.4 Å². The number of nitrogens with two attached hydrogens (primary N) is 1. The number of nitrogens with one attached hydrogen (secondary N) is 2. The van der Waals surface area contributed by atoms with Crippen molar-refractivity contribution in [3.63, 3.8) is 0 Å². The lowest BCUT2D eigenvalue weighted by molar-refractivity contribution is -0.136. The van der Waals surface area contributed by atoms with Gasteiger partial charge in [-0.2, -0.15) is 13.2 Å². The lowest BCUT2D eigenvalue weighted by atomic mass is 10.1. The van der Waals surface area contributed by atoms with E-state index < -0.39 is 11.7 Å². The molecule has 0 spiro atoms. The van der Waals surface area contributed by atoms with Crippen molar-refractivity contribution < 1.29 is 13.2 Å². The average molecular weight is 289 g/mol. The third-order valence-corrected chi connectivity index (χ3v) is 3.16. The topological polar surface area (TPSA) is 50.1 Å². The molecule has 0 aliphatic heterocycles. The summed E-state index contributed by atoms with van der Waals surface area (Å²) in [5.41, 5.74) is 5.54. The number of anilines is 3. The summed E-state index contributed by atoms with van der Waals surface area (Å²) >= 11 is 0. The summed E-state index contributed by atoms with van der Waals surface area (Å²) in [5, 5.41) is 5.74. The van der Waals surface area contributed by atoms with Gasteiger partial charge in [-0.1, -0.05) is 19.8 Å². The first-order chi connectivity index (χ1) is 9.29. The van der Waals surface area contributed by atoms with Gasteiger partial charge in [-0.15, -0.1) is 0 Å². The monoisotopic (exact) mass is 289 g/mol. The van der Waals surface area contributed by atoms with Crippen molar-refractivity contribution in [2.24, 2.45) is 0 Å². The van der Waals surface area contributed by atoms with Crippen LogP contribution in [0.4, 0.5) is 30.2 Å². The zero-order chi connectivity index (χ0) is 15.3. The Labute approximate surface area is 117 Å². The Kier molecular flexibility index (Phi) is 5.53. The highest BCUT2D eigenvalue weighted by molar-refractivity contribution is 5.75. The number of alkyl halides is 3. The minimum Gasteiger partial charge on any atom is -0.397 e. The Hall–Kier alpha value is -1.59. The van der Waals surface area contributed by atoms with Crippen molar-refractivity contribution in [1.82, 2.24) is 0 Å². The minimum absolute atomic E-state index is 0.0237. The maximum absolute atomic E-state index is 13.1. The van der Waals surface area contributed by atoms with Crippen molar-refractivity contribution >= 4 is 17.1 Å². The number of benzene rings is 1. The van der Waals surface area contributed by atoms with E-state index in [0.717, 1.165) is 25.3 Å². The molecule has 1 aromatic rings. The molecule has 0 radical (unpaired) electrons. The smallest absolute Gasteiger partial charge is 0.397 e. The van der Waals surface area contributed by atoms with Gasteiger partial charge in [0.15, 0.2) is 0 Å². The molecular formula is C14H22F3N3. The van der Waals surface area contributed by atoms with Crippen LogP contribution >= 0.6 is 0 Å². The fourth-order valence-electron chi connectivity index (χ4n) is 2.03. The summed E-state index contributed by atoms with van der Waals surface area (Å²) in [7, 11) is 1.63. The largest absolute Gasteiger partial charge is 0.418 e.